The number of hydrogen-bond acceptors (Lipinski definition) is 2. The Labute approximate surface area is 142 Å². The van der Waals surface area contributed by atoms with Gasteiger partial charge in [-0.05, 0) is 55.4 Å². The molecule has 4 heteroatoms. The van der Waals surface area contributed by atoms with Crippen LogP contribution in [-0.4, -0.2) is 17.4 Å². The van der Waals surface area contributed by atoms with Gasteiger partial charge in [-0.25, -0.2) is 4.85 Å². The summed E-state index contributed by atoms with van der Waals surface area (Å²) >= 11 is 0. The first-order chi connectivity index (χ1) is 11.5. The zero-order valence-corrected chi connectivity index (χ0v) is 14.0. The molecule has 3 rings (SSSR count). The summed E-state index contributed by atoms with van der Waals surface area (Å²) in [7, 11) is 0. The van der Waals surface area contributed by atoms with Crippen molar-refractivity contribution in [3.05, 3.63) is 59.7 Å². The molecule has 1 saturated carbocycles. The maximum Gasteiger partial charge on any atom is 0.230 e. The number of nitrogens with one attached hydrogen (secondary N) is 1. The normalized spacial score (nSPS) is 14.0. The largest absolute Gasteiger partial charge is 0.355 e. The number of hydrogen-bond donors (Lipinski definition) is 1. The highest BCUT2D eigenvalue weighted by molar-refractivity contribution is 5.87. The van der Waals surface area contributed by atoms with Crippen molar-refractivity contribution in [2.45, 2.75) is 32.1 Å². The Morgan fingerprint density at radius 3 is 2.58 bits per heavy atom. The van der Waals surface area contributed by atoms with Gasteiger partial charge in [0.1, 0.15) is 0 Å². The zero-order chi connectivity index (χ0) is 17.2. The Morgan fingerprint density at radius 2 is 1.96 bits per heavy atom. The highest BCUT2D eigenvalue weighted by atomic mass is 16.2. The molecule has 1 amide bonds. The van der Waals surface area contributed by atoms with E-state index in [4.69, 9.17) is 6.57 Å². The molecule has 0 saturated heterocycles. The van der Waals surface area contributed by atoms with Crippen molar-refractivity contribution in [1.29, 1.82) is 0 Å². The van der Waals surface area contributed by atoms with Gasteiger partial charge in [-0.3, -0.25) is 9.78 Å². The van der Waals surface area contributed by atoms with Gasteiger partial charge < -0.3 is 5.32 Å². The summed E-state index contributed by atoms with van der Waals surface area (Å²) in [5.41, 5.74) is 2.84. The highest BCUT2D eigenvalue weighted by Gasteiger charge is 2.31. The van der Waals surface area contributed by atoms with Crippen molar-refractivity contribution in [2.24, 2.45) is 5.92 Å². The Kier molecular flexibility index (Phi) is 4.35. The molecule has 0 radical (unpaired) electrons. The molecular formula is C20H21N3O. The SMILES string of the molecule is [C-]#[N+]c1cncc(-c2ccc(C(C)(C)C(=O)NCC3CC3)cc2)c1. The van der Waals surface area contributed by atoms with Gasteiger partial charge in [-0.1, -0.05) is 24.3 Å². The van der Waals surface area contributed by atoms with Crippen molar-refractivity contribution in [3.63, 3.8) is 0 Å². The molecule has 1 aromatic heterocycles. The van der Waals surface area contributed by atoms with E-state index < -0.39 is 5.41 Å². The second kappa shape index (κ2) is 6.45. The molecule has 0 atom stereocenters. The van der Waals surface area contributed by atoms with Gasteiger partial charge >= 0.3 is 0 Å². The molecule has 1 N–H and O–H groups in total. The van der Waals surface area contributed by atoms with Crippen LogP contribution in [0.1, 0.15) is 32.3 Å². The fourth-order valence-electron chi connectivity index (χ4n) is 2.64. The predicted octanol–water partition coefficient (Wildman–Crippen LogP) is 4.10. The molecule has 4 nitrogen and oxygen atoms in total. The van der Waals surface area contributed by atoms with Gasteiger partial charge in [0.25, 0.3) is 0 Å². The fourth-order valence-corrected chi connectivity index (χ4v) is 2.64. The van der Waals surface area contributed by atoms with Crippen LogP contribution in [0.4, 0.5) is 5.69 Å². The maximum atomic E-state index is 12.5. The van der Waals surface area contributed by atoms with E-state index in [1.54, 1.807) is 12.4 Å². The first-order valence-electron chi connectivity index (χ1n) is 8.22. The summed E-state index contributed by atoms with van der Waals surface area (Å²) in [4.78, 5) is 20.0. The second-order valence-corrected chi connectivity index (χ2v) is 6.90. The minimum absolute atomic E-state index is 0.0684. The van der Waals surface area contributed by atoms with E-state index >= 15 is 0 Å². The Morgan fingerprint density at radius 1 is 1.25 bits per heavy atom. The first-order valence-corrected chi connectivity index (χ1v) is 8.22. The number of aromatic nitrogens is 1. The van der Waals surface area contributed by atoms with E-state index in [0.717, 1.165) is 23.2 Å². The van der Waals surface area contributed by atoms with Crippen molar-refractivity contribution in [3.8, 4) is 11.1 Å². The molecule has 0 aliphatic heterocycles. The average molecular weight is 319 g/mol. The van der Waals surface area contributed by atoms with Gasteiger partial charge in [0.05, 0.1) is 12.0 Å². The number of carbonyl (C=O) groups is 1. The van der Waals surface area contributed by atoms with Gasteiger partial charge in [-0.15, -0.1) is 0 Å². The Balaban J connectivity index is 1.77. The van der Waals surface area contributed by atoms with E-state index in [1.165, 1.54) is 12.8 Å². The van der Waals surface area contributed by atoms with Crippen molar-refractivity contribution in [1.82, 2.24) is 10.3 Å². The lowest BCUT2D eigenvalue weighted by Gasteiger charge is -2.24. The van der Waals surface area contributed by atoms with Crippen molar-refractivity contribution >= 4 is 11.6 Å². The topological polar surface area (TPSA) is 46.4 Å². The zero-order valence-electron chi connectivity index (χ0n) is 14.0. The summed E-state index contributed by atoms with van der Waals surface area (Å²) in [6.07, 6.45) is 5.76. The molecule has 1 aliphatic carbocycles. The minimum atomic E-state index is -0.565. The van der Waals surface area contributed by atoms with Crippen LogP contribution in [0.25, 0.3) is 16.0 Å². The molecule has 0 spiro atoms. The number of nitrogens with zero attached hydrogens (tertiary/aromatic N) is 2. The predicted molar refractivity (Wildman–Crippen MR) is 94.7 cm³/mol. The van der Waals surface area contributed by atoms with Crippen LogP contribution in [0, 0.1) is 12.5 Å². The lowest BCUT2D eigenvalue weighted by atomic mass is 9.83. The maximum absolute atomic E-state index is 12.5. The third kappa shape index (κ3) is 3.46. The monoisotopic (exact) mass is 319 g/mol. The van der Waals surface area contributed by atoms with Crippen LogP contribution in [0.5, 0.6) is 0 Å². The van der Waals surface area contributed by atoms with E-state index in [0.29, 0.717) is 11.6 Å². The molecular weight excluding hydrogens is 298 g/mol. The highest BCUT2D eigenvalue weighted by Crippen LogP contribution is 2.30. The van der Waals surface area contributed by atoms with Crippen LogP contribution in [0.2, 0.25) is 0 Å². The number of benzene rings is 1. The average Bonchev–Trinajstić information content (AvgIpc) is 3.44. The number of amides is 1. The summed E-state index contributed by atoms with van der Waals surface area (Å²) in [5.74, 6) is 0.744. The number of rotatable bonds is 5. The van der Waals surface area contributed by atoms with Crippen LogP contribution in [0.15, 0.2) is 42.7 Å². The quantitative estimate of drug-likeness (QED) is 0.843. The number of carbonyl (C=O) groups excluding carboxylic acids is 1. The minimum Gasteiger partial charge on any atom is -0.355 e. The molecule has 1 aliphatic rings. The van der Waals surface area contributed by atoms with E-state index in [9.17, 15) is 4.79 Å². The summed E-state index contributed by atoms with van der Waals surface area (Å²) in [5, 5.41) is 3.06. The molecule has 2 aromatic rings. The Hall–Kier alpha value is -2.67. The van der Waals surface area contributed by atoms with E-state index in [2.05, 4.69) is 15.1 Å². The molecule has 0 unspecified atom stereocenters. The van der Waals surface area contributed by atoms with Crippen molar-refractivity contribution in [2.75, 3.05) is 6.54 Å². The van der Waals surface area contributed by atoms with Crippen LogP contribution in [0.3, 0.4) is 0 Å². The molecule has 0 bridgehead atoms. The van der Waals surface area contributed by atoms with E-state index in [1.807, 2.05) is 44.2 Å². The first kappa shape index (κ1) is 16.2. The molecule has 1 fully saturated rings. The van der Waals surface area contributed by atoms with Crippen LogP contribution >= 0.6 is 0 Å². The van der Waals surface area contributed by atoms with Gasteiger partial charge in [0, 0.05) is 18.9 Å². The number of pyridine rings is 1. The Bertz CT molecular complexity index is 783. The second-order valence-electron chi connectivity index (χ2n) is 6.90. The summed E-state index contributed by atoms with van der Waals surface area (Å²) in [6, 6.07) is 9.75. The van der Waals surface area contributed by atoms with Gasteiger partial charge in [0.15, 0.2) is 0 Å². The fraction of sp³-hybridized carbons (Fsp3) is 0.350. The van der Waals surface area contributed by atoms with Crippen LogP contribution < -0.4 is 5.32 Å². The molecule has 1 heterocycles. The molecule has 122 valence electrons. The molecule has 1 aromatic carbocycles. The standard InChI is InChI=1S/C20H21N3O/c1-20(2,19(24)23-11-14-4-5-14)17-8-6-15(7-9-17)16-10-18(21-3)13-22-12-16/h6-10,12-14H,4-5,11H2,1-2H3,(H,23,24). The summed E-state index contributed by atoms with van der Waals surface area (Å²) < 4.78 is 0. The smallest absolute Gasteiger partial charge is 0.230 e. The van der Waals surface area contributed by atoms with Gasteiger partial charge in [-0.2, -0.15) is 0 Å². The third-order valence-electron chi connectivity index (χ3n) is 4.61. The van der Waals surface area contributed by atoms with Crippen LogP contribution in [-0.2, 0) is 10.2 Å². The van der Waals surface area contributed by atoms with Gasteiger partial charge in [0.2, 0.25) is 11.6 Å². The third-order valence-corrected chi connectivity index (χ3v) is 4.61. The lowest BCUT2D eigenvalue weighted by Crippen LogP contribution is -2.40. The molecule has 24 heavy (non-hydrogen) atoms. The van der Waals surface area contributed by atoms with Crippen molar-refractivity contribution < 1.29 is 4.79 Å². The van der Waals surface area contributed by atoms with E-state index in [-0.39, 0.29) is 5.91 Å². The summed E-state index contributed by atoms with van der Waals surface area (Å²) in [6.45, 7) is 11.8. The lowest BCUT2D eigenvalue weighted by molar-refractivity contribution is -0.125.